The van der Waals surface area contributed by atoms with E-state index < -0.39 is 5.91 Å². The lowest BCUT2D eigenvalue weighted by molar-refractivity contribution is 0.102. The Morgan fingerprint density at radius 3 is 2.95 bits per heavy atom. The number of H-pyrrole nitrogens is 1. The highest BCUT2D eigenvalue weighted by Gasteiger charge is 2.12. The maximum atomic E-state index is 12.1. The molecule has 0 radical (unpaired) electrons. The van der Waals surface area contributed by atoms with E-state index in [0.717, 1.165) is 10.9 Å². The Hall–Kier alpha value is -2.53. The van der Waals surface area contributed by atoms with Gasteiger partial charge in [-0.05, 0) is 36.4 Å². The number of hydrogen-bond acceptors (Lipinski definition) is 3. The van der Waals surface area contributed by atoms with Crippen LogP contribution < -0.4 is 5.32 Å². The van der Waals surface area contributed by atoms with Gasteiger partial charge in [0.05, 0.1) is 17.3 Å². The predicted molar refractivity (Wildman–Crippen MR) is 77.2 cm³/mol. The average Bonchev–Trinajstić information content (AvgIpc) is 2.89. The fraction of sp³-hybridized carbons (Fsp3) is 0. The molecule has 0 unspecified atom stereocenters. The van der Waals surface area contributed by atoms with Crippen LogP contribution in [-0.2, 0) is 0 Å². The van der Waals surface area contributed by atoms with Gasteiger partial charge in [-0.2, -0.15) is 5.10 Å². The normalized spacial score (nSPS) is 10.7. The first-order valence-electron chi connectivity index (χ1n) is 5.86. The third-order valence-corrected chi connectivity index (χ3v) is 3.14. The molecule has 0 saturated heterocycles. The van der Waals surface area contributed by atoms with E-state index in [0.29, 0.717) is 10.7 Å². The summed E-state index contributed by atoms with van der Waals surface area (Å²) in [5.74, 6) is -0.543. The van der Waals surface area contributed by atoms with Gasteiger partial charge in [0.15, 0.2) is 0 Å². The molecule has 1 aromatic heterocycles. The second-order valence-corrected chi connectivity index (χ2v) is 4.72. The van der Waals surface area contributed by atoms with E-state index in [9.17, 15) is 9.90 Å². The fourth-order valence-corrected chi connectivity index (χ4v) is 2.08. The molecular weight excluding hydrogens is 278 g/mol. The lowest BCUT2D eigenvalue weighted by atomic mass is 10.1. The summed E-state index contributed by atoms with van der Waals surface area (Å²) in [6, 6.07) is 9.69. The number of rotatable bonds is 2. The molecule has 2 aromatic carbocycles. The molecule has 0 fully saturated rings. The minimum absolute atomic E-state index is 0.116. The van der Waals surface area contributed by atoms with Gasteiger partial charge in [-0.1, -0.05) is 11.6 Å². The van der Waals surface area contributed by atoms with Gasteiger partial charge in [-0.25, -0.2) is 0 Å². The van der Waals surface area contributed by atoms with Gasteiger partial charge in [0.2, 0.25) is 0 Å². The minimum atomic E-state index is -0.427. The van der Waals surface area contributed by atoms with E-state index in [1.54, 1.807) is 18.3 Å². The summed E-state index contributed by atoms with van der Waals surface area (Å²) in [6.07, 6.45) is 1.70. The largest absolute Gasteiger partial charge is 0.507 e. The lowest BCUT2D eigenvalue weighted by Gasteiger charge is -2.07. The summed E-state index contributed by atoms with van der Waals surface area (Å²) in [5.41, 5.74) is 1.55. The number of aromatic hydroxyl groups is 1. The maximum absolute atomic E-state index is 12.1. The Kier molecular flexibility index (Phi) is 3.04. The summed E-state index contributed by atoms with van der Waals surface area (Å²) < 4.78 is 0. The van der Waals surface area contributed by atoms with Crippen LogP contribution in [0.1, 0.15) is 10.4 Å². The number of benzene rings is 2. The number of phenols is 1. The van der Waals surface area contributed by atoms with Gasteiger partial charge in [0, 0.05) is 16.1 Å². The number of nitrogens with one attached hydrogen (secondary N) is 2. The number of carbonyl (C=O) groups excluding carboxylic acids is 1. The highest BCUT2D eigenvalue weighted by molar-refractivity contribution is 6.31. The van der Waals surface area contributed by atoms with Crippen molar-refractivity contribution in [1.82, 2.24) is 10.2 Å². The Labute approximate surface area is 119 Å². The summed E-state index contributed by atoms with van der Waals surface area (Å²) >= 11 is 5.82. The Morgan fingerprint density at radius 2 is 2.10 bits per heavy atom. The molecule has 3 aromatic rings. The molecule has 100 valence electrons. The van der Waals surface area contributed by atoms with E-state index >= 15 is 0 Å². The molecule has 20 heavy (non-hydrogen) atoms. The molecule has 1 amide bonds. The number of carbonyl (C=O) groups is 1. The first-order valence-corrected chi connectivity index (χ1v) is 6.24. The van der Waals surface area contributed by atoms with Crippen LogP contribution in [0.25, 0.3) is 10.9 Å². The predicted octanol–water partition coefficient (Wildman–Crippen LogP) is 3.17. The third-order valence-electron chi connectivity index (χ3n) is 2.90. The van der Waals surface area contributed by atoms with Crippen LogP contribution in [0, 0.1) is 0 Å². The highest BCUT2D eigenvalue weighted by atomic mass is 35.5. The van der Waals surface area contributed by atoms with Crippen LogP contribution in [0.3, 0.4) is 0 Å². The molecule has 5 nitrogen and oxygen atoms in total. The highest BCUT2D eigenvalue weighted by Crippen LogP contribution is 2.23. The number of aromatic amines is 1. The molecule has 0 saturated carbocycles. The van der Waals surface area contributed by atoms with Gasteiger partial charge < -0.3 is 10.4 Å². The van der Waals surface area contributed by atoms with Crippen molar-refractivity contribution in [2.75, 3.05) is 5.32 Å². The van der Waals surface area contributed by atoms with Crippen molar-refractivity contribution >= 4 is 34.1 Å². The molecule has 0 aliphatic carbocycles. The van der Waals surface area contributed by atoms with E-state index in [1.165, 1.54) is 18.2 Å². The quantitative estimate of drug-likeness (QED) is 0.677. The molecule has 6 heteroatoms. The maximum Gasteiger partial charge on any atom is 0.259 e. The number of halogens is 1. The number of phenolic OH excluding ortho intramolecular Hbond substituents is 1. The van der Waals surface area contributed by atoms with E-state index in [-0.39, 0.29) is 11.3 Å². The third kappa shape index (κ3) is 2.31. The van der Waals surface area contributed by atoms with Gasteiger partial charge in [-0.3, -0.25) is 9.89 Å². The molecule has 0 aliphatic rings. The van der Waals surface area contributed by atoms with E-state index in [2.05, 4.69) is 15.5 Å². The van der Waals surface area contributed by atoms with Crippen molar-refractivity contribution in [2.24, 2.45) is 0 Å². The Bertz CT molecular complexity index is 798. The molecule has 0 bridgehead atoms. The molecule has 3 N–H and O–H groups in total. The van der Waals surface area contributed by atoms with Gasteiger partial charge >= 0.3 is 0 Å². The summed E-state index contributed by atoms with van der Waals surface area (Å²) in [4.78, 5) is 12.1. The molecule has 0 atom stereocenters. The Balaban J connectivity index is 1.89. The monoisotopic (exact) mass is 287 g/mol. The van der Waals surface area contributed by atoms with Crippen molar-refractivity contribution in [3.63, 3.8) is 0 Å². The topological polar surface area (TPSA) is 78.0 Å². The zero-order chi connectivity index (χ0) is 14.1. The van der Waals surface area contributed by atoms with E-state index in [1.807, 2.05) is 6.07 Å². The number of hydrogen-bond donors (Lipinski definition) is 3. The molecule has 0 spiro atoms. The Morgan fingerprint density at radius 1 is 1.25 bits per heavy atom. The molecule has 3 rings (SSSR count). The number of anilines is 1. The van der Waals surface area contributed by atoms with Crippen molar-refractivity contribution in [3.05, 3.63) is 53.2 Å². The minimum Gasteiger partial charge on any atom is -0.507 e. The second kappa shape index (κ2) is 4.86. The molecule has 0 aliphatic heterocycles. The number of nitrogens with zero attached hydrogens (tertiary/aromatic N) is 1. The zero-order valence-electron chi connectivity index (χ0n) is 10.2. The second-order valence-electron chi connectivity index (χ2n) is 4.29. The lowest BCUT2D eigenvalue weighted by Crippen LogP contribution is -2.12. The fourth-order valence-electron chi connectivity index (χ4n) is 1.90. The SMILES string of the molecule is O=C(Nc1ccc2cn[nH]c2c1)c1cc(Cl)ccc1O. The van der Waals surface area contributed by atoms with Gasteiger partial charge in [-0.15, -0.1) is 0 Å². The number of amides is 1. The summed E-state index contributed by atoms with van der Waals surface area (Å²) in [5, 5.41) is 20.5. The van der Waals surface area contributed by atoms with Crippen LogP contribution in [0.4, 0.5) is 5.69 Å². The van der Waals surface area contributed by atoms with Gasteiger partial charge in [0.1, 0.15) is 5.75 Å². The van der Waals surface area contributed by atoms with Crippen LogP contribution in [-0.4, -0.2) is 21.2 Å². The number of fused-ring (bicyclic) bond motifs is 1. The summed E-state index contributed by atoms with van der Waals surface area (Å²) in [6.45, 7) is 0. The van der Waals surface area contributed by atoms with E-state index in [4.69, 9.17) is 11.6 Å². The van der Waals surface area contributed by atoms with Crippen molar-refractivity contribution in [2.45, 2.75) is 0 Å². The standard InChI is InChI=1S/C14H10ClN3O2/c15-9-2-4-13(19)11(5-9)14(20)17-10-3-1-8-7-16-18-12(8)6-10/h1-7,19H,(H,16,18)(H,17,20). The summed E-state index contributed by atoms with van der Waals surface area (Å²) in [7, 11) is 0. The molecular formula is C14H10ClN3O2. The van der Waals surface area contributed by atoms with Crippen LogP contribution in [0.5, 0.6) is 5.75 Å². The van der Waals surface area contributed by atoms with Crippen molar-refractivity contribution in [3.8, 4) is 5.75 Å². The zero-order valence-corrected chi connectivity index (χ0v) is 11.0. The van der Waals surface area contributed by atoms with Crippen LogP contribution in [0.15, 0.2) is 42.6 Å². The molecule has 1 heterocycles. The first-order chi connectivity index (χ1) is 9.63. The smallest absolute Gasteiger partial charge is 0.259 e. The number of aromatic nitrogens is 2. The first kappa shape index (κ1) is 12.5. The van der Waals surface area contributed by atoms with Crippen LogP contribution >= 0.6 is 11.6 Å². The van der Waals surface area contributed by atoms with Crippen molar-refractivity contribution < 1.29 is 9.90 Å². The average molecular weight is 288 g/mol. The van der Waals surface area contributed by atoms with Gasteiger partial charge in [0.25, 0.3) is 5.91 Å². The van der Waals surface area contributed by atoms with Crippen molar-refractivity contribution in [1.29, 1.82) is 0 Å². The van der Waals surface area contributed by atoms with Crippen LogP contribution in [0.2, 0.25) is 5.02 Å².